The van der Waals surface area contributed by atoms with Gasteiger partial charge in [-0.15, -0.1) is 0 Å². The van der Waals surface area contributed by atoms with Gasteiger partial charge in [0.05, 0.1) is 6.61 Å². The van der Waals surface area contributed by atoms with E-state index in [4.69, 9.17) is 4.74 Å². The van der Waals surface area contributed by atoms with Gasteiger partial charge in [-0.1, -0.05) is 19.4 Å². The molecule has 0 fully saturated rings. The summed E-state index contributed by atoms with van der Waals surface area (Å²) in [4.78, 5) is 4.32. The quantitative estimate of drug-likeness (QED) is 0.810. The van der Waals surface area contributed by atoms with Crippen LogP contribution in [-0.4, -0.2) is 19.0 Å². The lowest BCUT2D eigenvalue weighted by Crippen LogP contribution is -2.26. The number of unbranched alkanes of at least 4 members (excludes halogenated alkanes) is 1. The van der Waals surface area contributed by atoms with E-state index in [0.29, 0.717) is 18.6 Å². The predicted octanol–water partition coefficient (Wildman–Crippen LogP) is 3.76. The number of hydrogen-bond donors (Lipinski definition) is 1. The van der Waals surface area contributed by atoms with E-state index in [1.807, 2.05) is 25.3 Å². The van der Waals surface area contributed by atoms with E-state index in [0.717, 1.165) is 24.5 Å². The fourth-order valence-corrected chi connectivity index (χ4v) is 2.80. The summed E-state index contributed by atoms with van der Waals surface area (Å²) in [6.45, 7) is 2.41. The molecule has 1 N–H and O–H groups in total. The lowest BCUT2D eigenvalue weighted by Gasteiger charge is -2.18. The Morgan fingerprint density at radius 2 is 2.13 bits per heavy atom. The molecule has 2 heterocycles. The van der Waals surface area contributed by atoms with Crippen LogP contribution in [0.2, 0.25) is 0 Å². The first-order valence-electron chi connectivity index (χ1n) is 7.94. The number of rotatable bonds is 6. The Labute approximate surface area is 134 Å². The van der Waals surface area contributed by atoms with Crippen LogP contribution in [0.25, 0.3) is 0 Å². The van der Waals surface area contributed by atoms with E-state index in [-0.39, 0.29) is 17.8 Å². The minimum absolute atomic E-state index is 0.0155. The molecule has 3 rings (SSSR count). The third kappa shape index (κ3) is 3.44. The number of nitrogens with zero attached hydrogens (tertiary/aromatic N) is 1. The van der Waals surface area contributed by atoms with Crippen molar-refractivity contribution in [1.29, 1.82) is 0 Å². The molecule has 0 spiro atoms. The Morgan fingerprint density at radius 1 is 1.26 bits per heavy atom. The largest absolute Gasteiger partial charge is 0.490 e. The van der Waals surface area contributed by atoms with Gasteiger partial charge in [0, 0.05) is 18.2 Å². The van der Waals surface area contributed by atoms with Crippen LogP contribution in [0, 0.1) is 17.6 Å². The maximum absolute atomic E-state index is 14.3. The van der Waals surface area contributed by atoms with Crippen LogP contribution >= 0.6 is 0 Å². The molecule has 1 aromatic rings. The number of fused-ring (bicyclic) bond motifs is 1. The molecule has 3 nitrogen and oxygen atoms in total. The Hall–Kier alpha value is -2.17. The van der Waals surface area contributed by atoms with E-state index in [1.165, 1.54) is 6.07 Å². The van der Waals surface area contributed by atoms with Crippen LogP contribution in [0.1, 0.15) is 25.3 Å². The topological polar surface area (TPSA) is 33.6 Å². The van der Waals surface area contributed by atoms with Crippen molar-refractivity contribution in [2.75, 3.05) is 6.61 Å². The summed E-state index contributed by atoms with van der Waals surface area (Å²) in [6, 6.07) is 2.39. The number of ether oxygens (including phenoxy) is 1. The molecular formula is C18H20F2N2O. The Balaban J connectivity index is 1.72. The Kier molecular flexibility index (Phi) is 4.74. The Morgan fingerprint density at radius 3 is 2.96 bits per heavy atom. The van der Waals surface area contributed by atoms with Crippen molar-refractivity contribution in [2.24, 2.45) is 10.9 Å². The number of nitrogens with one attached hydrogen (secondary N) is 1. The second-order valence-corrected chi connectivity index (χ2v) is 5.79. The lowest BCUT2D eigenvalue weighted by molar-refractivity contribution is 0.292. The van der Waals surface area contributed by atoms with Crippen molar-refractivity contribution in [3.63, 3.8) is 0 Å². The van der Waals surface area contributed by atoms with Crippen LogP contribution < -0.4 is 10.1 Å². The fourth-order valence-electron chi connectivity index (χ4n) is 2.80. The van der Waals surface area contributed by atoms with Gasteiger partial charge >= 0.3 is 0 Å². The van der Waals surface area contributed by atoms with Crippen molar-refractivity contribution >= 4 is 6.21 Å². The molecule has 122 valence electrons. The van der Waals surface area contributed by atoms with Crippen molar-refractivity contribution in [2.45, 2.75) is 32.4 Å². The molecule has 0 amide bonds. The summed E-state index contributed by atoms with van der Waals surface area (Å²) in [5.41, 5.74) is 1.34. The third-order valence-corrected chi connectivity index (χ3v) is 4.11. The van der Waals surface area contributed by atoms with Gasteiger partial charge in [-0.05, 0) is 42.3 Å². The molecule has 2 aliphatic rings. The maximum Gasteiger partial charge on any atom is 0.165 e. The summed E-state index contributed by atoms with van der Waals surface area (Å²) < 4.78 is 33.7. The number of aliphatic imine (C=N–C) groups is 1. The van der Waals surface area contributed by atoms with E-state index in [2.05, 4.69) is 10.3 Å². The fraction of sp³-hybridized carbons (Fsp3) is 0.389. The summed E-state index contributed by atoms with van der Waals surface area (Å²) in [6.07, 6.45) is 9.59. The molecule has 0 saturated heterocycles. The highest BCUT2D eigenvalue weighted by Gasteiger charge is 2.28. The zero-order valence-corrected chi connectivity index (χ0v) is 13.1. The molecule has 0 aromatic heterocycles. The minimum atomic E-state index is -0.516. The van der Waals surface area contributed by atoms with Crippen LogP contribution in [0.5, 0.6) is 5.75 Å². The standard InChI is InChI=1S/C18H20F2N2O/c1-2-3-7-23-17-10-15(19)12(9-16(17)20)8-13-11-22-18-14(13)5-4-6-21-18/h4-6,9-11,14,18,22H,2-3,7-8H2,1H3. The normalized spacial score (nSPS) is 21.8. The van der Waals surface area contributed by atoms with Gasteiger partial charge in [-0.25, -0.2) is 8.78 Å². The van der Waals surface area contributed by atoms with Gasteiger partial charge in [0.1, 0.15) is 12.0 Å². The molecule has 2 aliphatic heterocycles. The molecule has 5 heteroatoms. The second kappa shape index (κ2) is 6.94. The molecule has 2 atom stereocenters. The maximum atomic E-state index is 14.3. The minimum Gasteiger partial charge on any atom is -0.490 e. The average molecular weight is 318 g/mol. The molecular weight excluding hydrogens is 298 g/mol. The molecule has 2 unspecified atom stereocenters. The lowest BCUT2D eigenvalue weighted by atomic mass is 9.92. The van der Waals surface area contributed by atoms with Crippen molar-refractivity contribution in [3.8, 4) is 5.75 Å². The summed E-state index contributed by atoms with van der Waals surface area (Å²) in [5, 5.41) is 3.16. The van der Waals surface area contributed by atoms with Crippen molar-refractivity contribution in [1.82, 2.24) is 5.32 Å². The number of hydrogen-bond acceptors (Lipinski definition) is 3. The smallest absolute Gasteiger partial charge is 0.165 e. The monoisotopic (exact) mass is 318 g/mol. The first kappa shape index (κ1) is 15.7. The third-order valence-electron chi connectivity index (χ3n) is 4.11. The number of dihydropyridines is 1. The second-order valence-electron chi connectivity index (χ2n) is 5.79. The van der Waals surface area contributed by atoms with Crippen LogP contribution in [0.3, 0.4) is 0 Å². The first-order valence-corrected chi connectivity index (χ1v) is 7.94. The number of allylic oxidation sites excluding steroid dienone is 1. The molecule has 0 saturated carbocycles. The van der Waals surface area contributed by atoms with E-state index in [1.54, 1.807) is 6.21 Å². The zero-order valence-electron chi connectivity index (χ0n) is 13.1. The van der Waals surface area contributed by atoms with Gasteiger partial charge < -0.3 is 10.1 Å². The predicted molar refractivity (Wildman–Crippen MR) is 86.6 cm³/mol. The van der Waals surface area contributed by atoms with E-state index < -0.39 is 11.6 Å². The first-order chi connectivity index (χ1) is 11.2. The van der Waals surface area contributed by atoms with Crippen LogP contribution in [0.4, 0.5) is 8.78 Å². The number of benzene rings is 1. The number of halogens is 2. The van der Waals surface area contributed by atoms with E-state index in [9.17, 15) is 8.78 Å². The molecule has 1 aromatic carbocycles. The van der Waals surface area contributed by atoms with E-state index >= 15 is 0 Å². The van der Waals surface area contributed by atoms with Gasteiger partial charge in [0.15, 0.2) is 11.6 Å². The zero-order chi connectivity index (χ0) is 16.2. The van der Waals surface area contributed by atoms with Gasteiger partial charge in [0.2, 0.25) is 0 Å². The van der Waals surface area contributed by atoms with Gasteiger partial charge in [-0.2, -0.15) is 0 Å². The molecule has 23 heavy (non-hydrogen) atoms. The van der Waals surface area contributed by atoms with Crippen molar-refractivity contribution in [3.05, 3.63) is 53.3 Å². The van der Waals surface area contributed by atoms with Crippen LogP contribution in [-0.2, 0) is 6.42 Å². The van der Waals surface area contributed by atoms with Gasteiger partial charge in [0.25, 0.3) is 0 Å². The summed E-state index contributed by atoms with van der Waals surface area (Å²) in [5.74, 6) is -0.871. The summed E-state index contributed by atoms with van der Waals surface area (Å²) >= 11 is 0. The Bertz CT molecular complexity index is 667. The SMILES string of the molecule is CCCCOc1cc(F)c(CC2=CNC3N=CC=CC23)cc1F. The average Bonchev–Trinajstić information content (AvgIpc) is 2.95. The highest BCUT2D eigenvalue weighted by Crippen LogP contribution is 2.30. The molecule has 0 radical (unpaired) electrons. The molecule has 0 bridgehead atoms. The van der Waals surface area contributed by atoms with Crippen LogP contribution in [0.15, 0.2) is 41.1 Å². The highest BCUT2D eigenvalue weighted by molar-refractivity contribution is 5.73. The van der Waals surface area contributed by atoms with Gasteiger partial charge in [-0.3, -0.25) is 4.99 Å². The summed E-state index contributed by atoms with van der Waals surface area (Å²) in [7, 11) is 0. The highest BCUT2D eigenvalue weighted by atomic mass is 19.1. The molecule has 0 aliphatic carbocycles. The van der Waals surface area contributed by atoms with Crippen molar-refractivity contribution < 1.29 is 13.5 Å².